The summed E-state index contributed by atoms with van der Waals surface area (Å²) in [5.41, 5.74) is 8.25. The predicted molar refractivity (Wildman–Crippen MR) is 76.5 cm³/mol. The lowest BCUT2D eigenvalue weighted by Gasteiger charge is -2.26. The largest absolute Gasteiger partial charge is 0.492 e. The van der Waals surface area contributed by atoms with Crippen molar-refractivity contribution in [1.82, 2.24) is 4.90 Å². The SMILES string of the molecule is Cc1ccc([C@H](C)N)c(OCCN2CCOCC2)c1. The van der Waals surface area contributed by atoms with E-state index in [1.54, 1.807) is 0 Å². The number of hydrogen-bond acceptors (Lipinski definition) is 4. The van der Waals surface area contributed by atoms with Crippen LogP contribution in [-0.2, 0) is 4.74 Å². The standard InChI is InChI=1S/C15H24N2O2/c1-12-3-4-14(13(2)16)15(11-12)19-10-7-17-5-8-18-9-6-17/h3-4,11,13H,5-10,16H2,1-2H3/t13-/m0/s1. The van der Waals surface area contributed by atoms with Crippen LogP contribution in [0.2, 0.25) is 0 Å². The maximum atomic E-state index is 5.97. The second kappa shape index (κ2) is 6.89. The smallest absolute Gasteiger partial charge is 0.124 e. The van der Waals surface area contributed by atoms with Crippen molar-refractivity contribution in [1.29, 1.82) is 0 Å². The third-order valence-corrected chi connectivity index (χ3v) is 3.43. The lowest BCUT2D eigenvalue weighted by Crippen LogP contribution is -2.38. The Kier molecular flexibility index (Phi) is 5.19. The second-order valence-electron chi connectivity index (χ2n) is 5.13. The van der Waals surface area contributed by atoms with E-state index < -0.39 is 0 Å². The lowest BCUT2D eigenvalue weighted by molar-refractivity contribution is 0.0322. The molecule has 1 atom stereocenters. The van der Waals surface area contributed by atoms with Crippen LogP contribution in [0.15, 0.2) is 18.2 Å². The first-order valence-electron chi connectivity index (χ1n) is 6.96. The van der Waals surface area contributed by atoms with Crippen molar-refractivity contribution in [2.75, 3.05) is 39.5 Å². The van der Waals surface area contributed by atoms with E-state index in [1.165, 1.54) is 5.56 Å². The molecule has 1 heterocycles. The first-order valence-corrected chi connectivity index (χ1v) is 6.96. The average Bonchev–Trinajstić information content (AvgIpc) is 2.39. The van der Waals surface area contributed by atoms with Crippen molar-refractivity contribution in [3.8, 4) is 5.75 Å². The Balaban J connectivity index is 1.89. The molecule has 1 aliphatic rings. The number of nitrogens with zero attached hydrogens (tertiary/aromatic N) is 1. The number of rotatable bonds is 5. The Bertz CT molecular complexity index is 401. The van der Waals surface area contributed by atoms with Crippen molar-refractivity contribution in [2.45, 2.75) is 19.9 Å². The van der Waals surface area contributed by atoms with Gasteiger partial charge in [-0.15, -0.1) is 0 Å². The molecule has 1 fully saturated rings. The molecule has 0 amide bonds. The molecule has 4 nitrogen and oxygen atoms in total. The Morgan fingerprint density at radius 1 is 1.37 bits per heavy atom. The molecular weight excluding hydrogens is 240 g/mol. The van der Waals surface area contributed by atoms with Gasteiger partial charge in [-0.1, -0.05) is 12.1 Å². The molecule has 0 saturated carbocycles. The van der Waals surface area contributed by atoms with Crippen LogP contribution in [0.4, 0.5) is 0 Å². The molecule has 0 radical (unpaired) electrons. The normalized spacial score (nSPS) is 18.3. The molecule has 1 aliphatic heterocycles. The molecule has 1 saturated heterocycles. The highest BCUT2D eigenvalue weighted by atomic mass is 16.5. The van der Waals surface area contributed by atoms with E-state index in [2.05, 4.69) is 30.0 Å². The van der Waals surface area contributed by atoms with Crippen LogP contribution in [0.3, 0.4) is 0 Å². The van der Waals surface area contributed by atoms with Crippen molar-refractivity contribution < 1.29 is 9.47 Å². The van der Waals surface area contributed by atoms with Crippen LogP contribution in [0.25, 0.3) is 0 Å². The molecule has 1 aromatic rings. The zero-order valence-electron chi connectivity index (χ0n) is 11.9. The summed E-state index contributed by atoms with van der Waals surface area (Å²) < 4.78 is 11.3. The van der Waals surface area contributed by atoms with Gasteiger partial charge in [-0.05, 0) is 25.5 Å². The summed E-state index contributed by atoms with van der Waals surface area (Å²) in [4.78, 5) is 2.37. The van der Waals surface area contributed by atoms with Crippen LogP contribution in [-0.4, -0.2) is 44.4 Å². The minimum absolute atomic E-state index is 0.000938. The van der Waals surface area contributed by atoms with Gasteiger partial charge >= 0.3 is 0 Å². The van der Waals surface area contributed by atoms with Crippen LogP contribution in [0, 0.1) is 6.92 Å². The molecule has 4 heteroatoms. The topological polar surface area (TPSA) is 47.7 Å². The summed E-state index contributed by atoms with van der Waals surface area (Å²) in [6, 6.07) is 6.20. The molecular formula is C15H24N2O2. The van der Waals surface area contributed by atoms with Crippen molar-refractivity contribution >= 4 is 0 Å². The van der Waals surface area contributed by atoms with E-state index in [-0.39, 0.29) is 6.04 Å². The van der Waals surface area contributed by atoms with Gasteiger partial charge in [0.1, 0.15) is 12.4 Å². The van der Waals surface area contributed by atoms with Gasteiger partial charge in [0.25, 0.3) is 0 Å². The Labute approximate surface area is 115 Å². The number of benzene rings is 1. The fourth-order valence-electron chi connectivity index (χ4n) is 2.25. The first-order chi connectivity index (χ1) is 9.16. The molecule has 0 bridgehead atoms. The van der Waals surface area contributed by atoms with Crippen molar-refractivity contribution in [2.24, 2.45) is 5.73 Å². The molecule has 106 valence electrons. The number of nitrogens with two attached hydrogens (primary N) is 1. The Hall–Kier alpha value is -1.10. The van der Waals surface area contributed by atoms with E-state index in [0.29, 0.717) is 6.61 Å². The monoisotopic (exact) mass is 264 g/mol. The summed E-state index contributed by atoms with van der Waals surface area (Å²) in [5, 5.41) is 0. The lowest BCUT2D eigenvalue weighted by atomic mass is 10.1. The van der Waals surface area contributed by atoms with E-state index >= 15 is 0 Å². The zero-order chi connectivity index (χ0) is 13.7. The molecule has 2 N–H and O–H groups in total. The highest BCUT2D eigenvalue weighted by molar-refractivity contribution is 5.38. The minimum atomic E-state index is -0.000938. The molecule has 0 unspecified atom stereocenters. The average molecular weight is 264 g/mol. The highest BCUT2D eigenvalue weighted by Crippen LogP contribution is 2.25. The molecule has 1 aromatic carbocycles. The summed E-state index contributed by atoms with van der Waals surface area (Å²) in [6.45, 7) is 9.35. The zero-order valence-corrected chi connectivity index (χ0v) is 11.9. The summed E-state index contributed by atoms with van der Waals surface area (Å²) in [7, 11) is 0. The van der Waals surface area contributed by atoms with Gasteiger partial charge in [-0.2, -0.15) is 0 Å². The first kappa shape index (κ1) is 14.3. The Morgan fingerprint density at radius 2 is 2.11 bits per heavy atom. The van der Waals surface area contributed by atoms with Crippen LogP contribution in [0.5, 0.6) is 5.75 Å². The number of hydrogen-bond donors (Lipinski definition) is 1. The molecule has 19 heavy (non-hydrogen) atoms. The molecule has 0 aromatic heterocycles. The third kappa shape index (κ3) is 4.20. The number of morpholine rings is 1. The van der Waals surface area contributed by atoms with E-state index in [0.717, 1.165) is 44.2 Å². The third-order valence-electron chi connectivity index (χ3n) is 3.43. The minimum Gasteiger partial charge on any atom is -0.492 e. The summed E-state index contributed by atoms with van der Waals surface area (Å²) >= 11 is 0. The fourth-order valence-corrected chi connectivity index (χ4v) is 2.25. The van der Waals surface area contributed by atoms with Crippen molar-refractivity contribution in [3.63, 3.8) is 0 Å². The van der Waals surface area contributed by atoms with Gasteiger partial charge in [0.2, 0.25) is 0 Å². The van der Waals surface area contributed by atoms with Gasteiger partial charge < -0.3 is 15.2 Å². The van der Waals surface area contributed by atoms with Crippen LogP contribution < -0.4 is 10.5 Å². The van der Waals surface area contributed by atoms with Crippen molar-refractivity contribution in [3.05, 3.63) is 29.3 Å². The predicted octanol–water partition coefficient (Wildman–Crippen LogP) is 1.73. The molecule has 2 rings (SSSR count). The summed E-state index contributed by atoms with van der Waals surface area (Å²) in [5.74, 6) is 0.920. The fraction of sp³-hybridized carbons (Fsp3) is 0.600. The second-order valence-corrected chi connectivity index (χ2v) is 5.13. The molecule has 0 spiro atoms. The molecule has 0 aliphatic carbocycles. The highest BCUT2D eigenvalue weighted by Gasteiger charge is 2.12. The summed E-state index contributed by atoms with van der Waals surface area (Å²) in [6.07, 6.45) is 0. The van der Waals surface area contributed by atoms with E-state index in [1.807, 2.05) is 6.92 Å². The maximum Gasteiger partial charge on any atom is 0.124 e. The van der Waals surface area contributed by atoms with Crippen LogP contribution in [0.1, 0.15) is 24.1 Å². The van der Waals surface area contributed by atoms with Gasteiger partial charge in [-0.3, -0.25) is 4.90 Å². The van der Waals surface area contributed by atoms with Crippen LogP contribution >= 0.6 is 0 Å². The van der Waals surface area contributed by atoms with E-state index in [4.69, 9.17) is 15.2 Å². The van der Waals surface area contributed by atoms with Gasteiger partial charge in [0, 0.05) is 31.2 Å². The quantitative estimate of drug-likeness (QED) is 0.880. The van der Waals surface area contributed by atoms with Gasteiger partial charge in [-0.25, -0.2) is 0 Å². The van der Waals surface area contributed by atoms with Gasteiger partial charge in [0.05, 0.1) is 13.2 Å². The van der Waals surface area contributed by atoms with E-state index in [9.17, 15) is 0 Å². The maximum absolute atomic E-state index is 5.97. The Morgan fingerprint density at radius 3 is 2.79 bits per heavy atom. The van der Waals surface area contributed by atoms with Gasteiger partial charge in [0.15, 0.2) is 0 Å². The number of aryl methyl sites for hydroxylation is 1. The number of ether oxygens (including phenoxy) is 2.